The predicted molar refractivity (Wildman–Crippen MR) is 155 cm³/mol. The Hall–Kier alpha value is -0.983. The van der Waals surface area contributed by atoms with Gasteiger partial charge in [-0.1, -0.05) is 76.3 Å². The lowest BCUT2D eigenvalue weighted by atomic mass is 9.77. The molecule has 0 bridgehead atoms. The van der Waals surface area contributed by atoms with E-state index in [4.69, 9.17) is 59.9 Å². The molecule has 11 heteroatoms. The van der Waals surface area contributed by atoms with Crippen LogP contribution in [-0.2, 0) is 28.2 Å². The van der Waals surface area contributed by atoms with E-state index in [1.165, 1.54) is 0 Å². The largest absolute Gasteiger partial charge is 0.508 e. The van der Waals surface area contributed by atoms with Crippen LogP contribution in [0, 0.1) is 23.7 Å². The first-order valence-electron chi connectivity index (χ1n) is 13.0. The van der Waals surface area contributed by atoms with Crippen LogP contribution in [0.4, 0.5) is 4.79 Å². The van der Waals surface area contributed by atoms with E-state index in [9.17, 15) is 14.4 Å². The molecule has 0 N–H and O–H groups in total. The number of halogens is 3. The molecular formula is C27H45Cl3O7Si. The van der Waals surface area contributed by atoms with Gasteiger partial charge in [0.05, 0.1) is 12.5 Å². The van der Waals surface area contributed by atoms with Crippen LogP contribution in [-0.4, -0.2) is 54.4 Å². The van der Waals surface area contributed by atoms with Crippen molar-refractivity contribution in [2.75, 3.05) is 6.61 Å². The van der Waals surface area contributed by atoms with Gasteiger partial charge in [-0.25, -0.2) is 4.79 Å². The number of terminal acetylenes is 1. The first kappa shape index (κ1) is 37.0. The highest BCUT2D eigenvalue weighted by Gasteiger charge is 2.45. The standard InChI is InChI=1S/C27H45Cl3O7Si/c1-11-15-19(5)20(35-24(33)34-18-27(28,29)30)16-21(31)26(9,10)22(17-23(32)36-25(6,7)8)37-38(12-2,13-3)14-4/h1,19-20,22H,12-18H2,2-10H3/t19-,20-,22-/m0/s1. The fourth-order valence-corrected chi connectivity index (χ4v) is 7.03. The van der Waals surface area contributed by atoms with Crippen LogP contribution in [0.2, 0.25) is 18.1 Å². The Bertz CT molecular complexity index is 816. The van der Waals surface area contributed by atoms with Crippen LogP contribution in [0.3, 0.4) is 0 Å². The van der Waals surface area contributed by atoms with E-state index in [-0.39, 0.29) is 31.0 Å². The van der Waals surface area contributed by atoms with Crippen molar-refractivity contribution in [3.05, 3.63) is 0 Å². The maximum atomic E-state index is 13.8. The third-order valence-electron chi connectivity index (χ3n) is 6.68. The summed E-state index contributed by atoms with van der Waals surface area (Å²) in [6.45, 7) is 16.3. The predicted octanol–water partition coefficient (Wildman–Crippen LogP) is 7.65. The molecule has 0 heterocycles. The van der Waals surface area contributed by atoms with E-state index in [0.717, 1.165) is 18.1 Å². The summed E-state index contributed by atoms with van der Waals surface area (Å²) in [7, 11) is -2.22. The van der Waals surface area contributed by atoms with Gasteiger partial charge in [0, 0.05) is 24.2 Å². The fourth-order valence-electron chi connectivity index (χ4n) is 3.88. The second-order valence-corrected chi connectivity index (χ2v) is 18.4. The maximum absolute atomic E-state index is 13.8. The normalized spacial score (nSPS) is 15.1. The fraction of sp³-hybridized carbons (Fsp3) is 0.815. The summed E-state index contributed by atoms with van der Waals surface area (Å²) >= 11 is 16.9. The molecule has 0 amide bonds. The average Bonchev–Trinajstić information content (AvgIpc) is 2.78. The second kappa shape index (κ2) is 15.7. The van der Waals surface area contributed by atoms with Crippen molar-refractivity contribution in [3.8, 4) is 12.3 Å². The minimum Gasteiger partial charge on any atom is -0.460 e. The van der Waals surface area contributed by atoms with E-state index in [1.807, 2.05) is 0 Å². The first-order chi connectivity index (χ1) is 17.3. The summed E-state index contributed by atoms with van der Waals surface area (Å²) in [5.41, 5.74) is -1.78. The van der Waals surface area contributed by atoms with Crippen LogP contribution in [0.1, 0.15) is 81.6 Å². The number of rotatable bonds is 15. The molecule has 38 heavy (non-hydrogen) atoms. The van der Waals surface area contributed by atoms with Crippen LogP contribution in [0.25, 0.3) is 0 Å². The molecule has 0 aromatic carbocycles. The Kier molecular flexibility index (Phi) is 15.3. The minimum absolute atomic E-state index is 0.0819. The zero-order valence-electron chi connectivity index (χ0n) is 24.3. The molecule has 0 aliphatic heterocycles. The van der Waals surface area contributed by atoms with Crippen molar-refractivity contribution in [3.63, 3.8) is 0 Å². The van der Waals surface area contributed by atoms with Gasteiger partial charge < -0.3 is 18.6 Å². The molecule has 0 aliphatic rings. The summed E-state index contributed by atoms with van der Waals surface area (Å²) in [4.78, 5) is 38.9. The Morgan fingerprint density at radius 2 is 1.47 bits per heavy atom. The first-order valence-corrected chi connectivity index (χ1v) is 16.7. The van der Waals surface area contributed by atoms with Gasteiger partial charge in [0.2, 0.25) is 3.79 Å². The number of esters is 1. The molecule has 0 fully saturated rings. The Balaban J connectivity index is 6.05. The van der Waals surface area contributed by atoms with Gasteiger partial charge in [0.15, 0.2) is 8.32 Å². The molecule has 0 spiro atoms. The number of hydrogen-bond donors (Lipinski definition) is 0. The third kappa shape index (κ3) is 13.4. The lowest BCUT2D eigenvalue weighted by Gasteiger charge is -2.41. The molecule has 0 aromatic heterocycles. The van der Waals surface area contributed by atoms with Crippen molar-refractivity contribution >= 4 is 61.0 Å². The van der Waals surface area contributed by atoms with Gasteiger partial charge in [0.25, 0.3) is 0 Å². The zero-order valence-corrected chi connectivity index (χ0v) is 27.5. The lowest BCUT2D eigenvalue weighted by molar-refractivity contribution is -0.159. The van der Waals surface area contributed by atoms with Gasteiger partial charge in [0.1, 0.15) is 24.1 Å². The summed E-state index contributed by atoms with van der Waals surface area (Å²) in [5.74, 6) is 1.47. The van der Waals surface area contributed by atoms with Gasteiger partial charge in [-0.3, -0.25) is 9.59 Å². The second-order valence-electron chi connectivity index (χ2n) is 11.2. The summed E-state index contributed by atoms with van der Waals surface area (Å²) in [5, 5.41) is 0. The smallest absolute Gasteiger partial charge is 0.460 e. The van der Waals surface area contributed by atoms with Crippen molar-refractivity contribution in [2.45, 2.75) is 121 Å². The van der Waals surface area contributed by atoms with E-state index in [2.05, 4.69) is 26.7 Å². The Morgan fingerprint density at radius 3 is 1.89 bits per heavy atom. The molecule has 0 rings (SSSR count). The number of alkyl halides is 3. The number of ketones is 1. The highest BCUT2D eigenvalue weighted by Crippen LogP contribution is 2.36. The Morgan fingerprint density at radius 1 is 0.947 bits per heavy atom. The molecule has 0 saturated carbocycles. The number of hydrogen-bond acceptors (Lipinski definition) is 7. The van der Waals surface area contributed by atoms with Crippen LogP contribution in [0.5, 0.6) is 0 Å². The zero-order chi connectivity index (χ0) is 29.9. The number of Topliss-reactive ketones (excluding diaryl/α,β-unsaturated/α-hetero) is 1. The van der Waals surface area contributed by atoms with Gasteiger partial charge in [-0.2, -0.15) is 0 Å². The van der Waals surface area contributed by atoms with E-state index >= 15 is 0 Å². The number of carbonyl (C=O) groups excluding carboxylic acids is 3. The van der Waals surface area contributed by atoms with Crippen molar-refractivity contribution in [1.82, 2.24) is 0 Å². The van der Waals surface area contributed by atoms with Gasteiger partial charge >= 0.3 is 12.1 Å². The van der Waals surface area contributed by atoms with Crippen molar-refractivity contribution < 1.29 is 33.0 Å². The van der Waals surface area contributed by atoms with Gasteiger partial charge in [-0.15, -0.1) is 12.3 Å². The molecular weight excluding hydrogens is 571 g/mol. The molecule has 3 atom stereocenters. The highest BCUT2D eigenvalue weighted by atomic mass is 35.6. The van der Waals surface area contributed by atoms with Crippen molar-refractivity contribution in [2.24, 2.45) is 11.3 Å². The summed E-state index contributed by atoms with van der Waals surface area (Å²) in [6.07, 6.45) is 2.79. The van der Waals surface area contributed by atoms with Crippen LogP contribution >= 0.6 is 34.8 Å². The molecule has 0 aromatic rings. The lowest BCUT2D eigenvalue weighted by Crippen LogP contribution is -2.50. The molecule has 0 radical (unpaired) electrons. The Labute approximate surface area is 245 Å². The molecule has 0 saturated heterocycles. The van der Waals surface area contributed by atoms with Crippen molar-refractivity contribution in [1.29, 1.82) is 0 Å². The van der Waals surface area contributed by atoms with E-state index in [1.54, 1.807) is 41.5 Å². The van der Waals surface area contributed by atoms with Gasteiger partial charge in [-0.05, 0) is 38.9 Å². The highest BCUT2D eigenvalue weighted by molar-refractivity contribution is 6.73. The molecule has 0 aliphatic carbocycles. The molecule has 7 nitrogen and oxygen atoms in total. The summed E-state index contributed by atoms with van der Waals surface area (Å²) in [6, 6.07) is 2.53. The van der Waals surface area contributed by atoms with E-state index < -0.39 is 54.1 Å². The third-order valence-corrected chi connectivity index (χ3v) is 11.7. The number of carbonyl (C=O) groups is 3. The van der Waals surface area contributed by atoms with Crippen LogP contribution in [0.15, 0.2) is 0 Å². The monoisotopic (exact) mass is 614 g/mol. The SMILES string of the molecule is C#CC[C@H](C)[C@H](CC(=O)C(C)(C)[C@H](CC(=O)OC(C)(C)C)O[Si](CC)(CC)CC)OC(=O)OCC(Cl)(Cl)Cl. The van der Waals surface area contributed by atoms with Crippen LogP contribution < -0.4 is 0 Å². The number of ether oxygens (including phenoxy) is 3. The molecule has 0 unspecified atom stereocenters. The maximum Gasteiger partial charge on any atom is 0.508 e. The topological polar surface area (TPSA) is 88.1 Å². The quantitative estimate of drug-likeness (QED) is 0.0809. The molecule has 220 valence electrons. The summed E-state index contributed by atoms with van der Waals surface area (Å²) < 4.78 is 20.8. The minimum atomic E-state index is -2.22. The average molecular weight is 616 g/mol. The van der Waals surface area contributed by atoms with E-state index in [0.29, 0.717) is 0 Å².